The molecule has 1 atom stereocenters. The molecular weight excluding hydrogens is 204 g/mol. The molecule has 0 amide bonds. The molecule has 0 spiro atoms. The van der Waals surface area contributed by atoms with E-state index in [9.17, 15) is 0 Å². The van der Waals surface area contributed by atoms with Gasteiger partial charge in [-0.25, -0.2) is 4.98 Å². The Morgan fingerprint density at radius 3 is 2.81 bits per heavy atom. The van der Waals surface area contributed by atoms with Crippen LogP contribution in [0.5, 0.6) is 0 Å². The van der Waals surface area contributed by atoms with Gasteiger partial charge in [0.2, 0.25) is 0 Å². The summed E-state index contributed by atoms with van der Waals surface area (Å²) in [5.74, 6) is 2.80. The van der Waals surface area contributed by atoms with Crippen LogP contribution in [-0.4, -0.2) is 21.8 Å². The molecule has 5 nitrogen and oxygen atoms in total. The highest BCUT2D eigenvalue weighted by Gasteiger charge is 2.16. The molecule has 0 aliphatic carbocycles. The van der Waals surface area contributed by atoms with Crippen molar-refractivity contribution in [3.05, 3.63) is 35.8 Å². The monoisotopic (exact) mass is 220 g/mol. The van der Waals surface area contributed by atoms with Crippen LogP contribution in [0.15, 0.2) is 22.9 Å². The number of hydrogen-bond acceptors (Lipinski definition) is 4. The van der Waals surface area contributed by atoms with E-state index >= 15 is 0 Å². The first kappa shape index (κ1) is 10.9. The van der Waals surface area contributed by atoms with Crippen LogP contribution in [0.1, 0.15) is 23.4 Å². The van der Waals surface area contributed by atoms with Gasteiger partial charge in [0.25, 0.3) is 0 Å². The minimum atomic E-state index is 0.136. The van der Waals surface area contributed by atoms with Crippen LogP contribution in [0.2, 0.25) is 0 Å². The Balaban J connectivity index is 2.15. The molecule has 0 aliphatic rings. The van der Waals surface area contributed by atoms with Crippen molar-refractivity contribution in [2.75, 3.05) is 7.05 Å². The summed E-state index contributed by atoms with van der Waals surface area (Å²) in [4.78, 5) is 4.21. The van der Waals surface area contributed by atoms with Gasteiger partial charge in [-0.1, -0.05) is 0 Å². The lowest BCUT2D eigenvalue weighted by atomic mass is 10.1. The van der Waals surface area contributed by atoms with E-state index < -0.39 is 0 Å². The smallest absolute Gasteiger partial charge is 0.138 e. The Kier molecular flexibility index (Phi) is 3.05. The van der Waals surface area contributed by atoms with E-state index in [0.717, 1.165) is 23.8 Å². The summed E-state index contributed by atoms with van der Waals surface area (Å²) >= 11 is 0. The van der Waals surface area contributed by atoms with E-state index in [1.165, 1.54) is 0 Å². The van der Waals surface area contributed by atoms with Crippen molar-refractivity contribution in [2.45, 2.75) is 19.4 Å². The van der Waals surface area contributed by atoms with Crippen molar-refractivity contribution in [2.24, 2.45) is 7.05 Å². The third-order valence-electron chi connectivity index (χ3n) is 2.64. The average Bonchev–Trinajstić information content (AvgIpc) is 2.85. The zero-order valence-corrected chi connectivity index (χ0v) is 9.77. The average molecular weight is 220 g/mol. The van der Waals surface area contributed by atoms with Gasteiger partial charge in [-0.2, -0.15) is 5.10 Å². The van der Waals surface area contributed by atoms with Crippen LogP contribution < -0.4 is 5.32 Å². The maximum Gasteiger partial charge on any atom is 0.138 e. The Labute approximate surface area is 94.5 Å². The van der Waals surface area contributed by atoms with Crippen molar-refractivity contribution >= 4 is 0 Å². The van der Waals surface area contributed by atoms with Crippen molar-refractivity contribution < 1.29 is 4.42 Å². The number of aromatic nitrogens is 3. The molecule has 0 aliphatic heterocycles. The fourth-order valence-electron chi connectivity index (χ4n) is 1.67. The van der Waals surface area contributed by atoms with Crippen molar-refractivity contribution in [1.29, 1.82) is 0 Å². The quantitative estimate of drug-likeness (QED) is 0.841. The molecular formula is C11H16N4O. The largest absolute Gasteiger partial charge is 0.465 e. The van der Waals surface area contributed by atoms with Crippen LogP contribution in [0, 0.1) is 6.92 Å². The number of nitrogens with zero attached hydrogens (tertiary/aromatic N) is 3. The molecule has 2 heterocycles. The predicted octanol–water partition coefficient (Wildman–Crippen LogP) is 1.22. The number of furan rings is 1. The molecule has 0 fully saturated rings. The molecule has 1 unspecified atom stereocenters. The second-order valence-electron chi connectivity index (χ2n) is 3.79. The molecule has 1 N–H and O–H groups in total. The maximum absolute atomic E-state index is 5.61. The van der Waals surface area contributed by atoms with Crippen LogP contribution in [-0.2, 0) is 13.5 Å². The first-order chi connectivity index (χ1) is 7.70. The van der Waals surface area contributed by atoms with Crippen molar-refractivity contribution in [3.63, 3.8) is 0 Å². The topological polar surface area (TPSA) is 55.9 Å². The molecule has 0 aromatic carbocycles. The van der Waals surface area contributed by atoms with Crippen LogP contribution in [0.25, 0.3) is 0 Å². The second kappa shape index (κ2) is 4.49. The van der Waals surface area contributed by atoms with Gasteiger partial charge in [-0.3, -0.25) is 4.68 Å². The Bertz CT molecular complexity index is 460. The van der Waals surface area contributed by atoms with Gasteiger partial charge in [0.1, 0.15) is 23.7 Å². The standard InChI is InChI=1S/C11H16N4O/c1-8-4-5-10(16-8)9(12-2)6-11-13-7-14-15(11)3/h4-5,7,9,12H,6H2,1-3H3. The van der Waals surface area contributed by atoms with Gasteiger partial charge in [0, 0.05) is 13.5 Å². The first-order valence-corrected chi connectivity index (χ1v) is 5.27. The minimum absolute atomic E-state index is 0.136. The summed E-state index contributed by atoms with van der Waals surface area (Å²) in [7, 11) is 3.81. The number of rotatable bonds is 4. The number of aryl methyl sites for hydroxylation is 2. The first-order valence-electron chi connectivity index (χ1n) is 5.27. The third kappa shape index (κ3) is 2.14. The normalized spacial score (nSPS) is 12.9. The maximum atomic E-state index is 5.61. The Morgan fingerprint density at radius 2 is 2.31 bits per heavy atom. The summed E-state index contributed by atoms with van der Waals surface area (Å²) in [6.07, 6.45) is 2.33. The molecule has 16 heavy (non-hydrogen) atoms. The van der Waals surface area contributed by atoms with E-state index in [0.29, 0.717) is 0 Å². The van der Waals surface area contributed by atoms with Gasteiger partial charge in [-0.15, -0.1) is 0 Å². The zero-order chi connectivity index (χ0) is 11.5. The van der Waals surface area contributed by atoms with E-state index in [2.05, 4.69) is 15.4 Å². The van der Waals surface area contributed by atoms with Gasteiger partial charge in [0.15, 0.2) is 0 Å². The van der Waals surface area contributed by atoms with Gasteiger partial charge >= 0.3 is 0 Å². The molecule has 2 rings (SSSR count). The van der Waals surface area contributed by atoms with Gasteiger partial charge < -0.3 is 9.73 Å². The van der Waals surface area contributed by atoms with Crippen molar-refractivity contribution in [1.82, 2.24) is 20.1 Å². The molecule has 0 saturated carbocycles. The zero-order valence-electron chi connectivity index (χ0n) is 9.77. The highest BCUT2D eigenvalue weighted by atomic mass is 16.3. The number of likely N-dealkylation sites (N-methyl/N-ethyl adjacent to an activating group) is 1. The Morgan fingerprint density at radius 1 is 1.50 bits per heavy atom. The lowest BCUT2D eigenvalue weighted by Gasteiger charge is -2.12. The van der Waals surface area contributed by atoms with Crippen LogP contribution in [0.4, 0.5) is 0 Å². The van der Waals surface area contributed by atoms with Gasteiger partial charge in [-0.05, 0) is 26.1 Å². The summed E-state index contributed by atoms with van der Waals surface area (Å²) in [6, 6.07) is 4.10. The molecule has 0 bridgehead atoms. The molecule has 0 radical (unpaired) electrons. The molecule has 2 aromatic rings. The van der Waals surface area contributed by atoms with Crippen LogP contribution in [0.3, 0.4) is 0 Å². The lowest BCUT2D eigenvalue weighted by Crippen LogP contribution is -2.20. The molecule has 2 aromatic heterocycles. The fraction of sp³-hybridized carbons (Fsp3) is 0.455. The van der Waals surface area contributed by atoms with Crippen molar-refractivity contribution in [3.8, 4) is 0 Å². The minimum Gasteiger partial charge on any atom is -0.465 e. The highest BCUT2D eigenvalue weighted by Crippen LogP contribution is 2.19. The lowest BCUT2D eigenvalue weighted by molar-refractivity contribution is 0.407. The SMILES string of the molecule is CNC(Cc1ncnn1C)c1ccc(C)o1. The Hall–Kier alpha value is -1.62. The predicted molar refractivity (Wildman–Crippen MR) is 60.0 cm³/mol. The van der Waals surface area contributed by atoms with E-state index in [-0.39, 0.29) is 6.04 Å². The van der Waals surface area contributed by atoms with E-state index in [4.69, 9.17) is 4.42 Å². The number of nitrogens with one attached hydrogen (secondary N) is 1. The van der Waals surface area contributed by atoms with Gasteiger partial charge in [0.05, 0.1) is 6.04 Å². The van der Waals surface area contributed by atoms with Crippen LogP contribution >= 0.6 is 0 Å². The fourth-order valence-corrected chi connectivity index (χ4v) is 1.67. The number of hydrogen-bond donors (Lipinski definition) is 1. The highest BCUT2D eigenvalue weighted by molar-refractivity contribution is 5.11. The second-order valence-corrected chi connectivity index (χ2v) is 3.79. The van der Waals surface area contributed by atoms with E-state index in [1.807, 2.05) is 33.2 Å². The summed E-state index contributed by atoms with van der Waals surface area (Å²) in [6.45, 7) is 1.94. The summed E-state index contributed by atoms with van der Waals surface area (Å²) in [5, 5.41) is 7.27. The van der Waals surface area contributed by atoms with E-state index in [1.54, 1.807) is 11.0 Å². The third-order valence-corrected chi connectivity index (χ3v) is 2.64. The molecule has 5 heteroatoms. The molecule has 86 valence electrons. The summed E-state index contributed by atoms with van der Waals surface area (Å²) in [5.41, 5.74) is 0. The molecule has 0 saturated heterocycles. The summed E-state index contributed by atoms with van der Waals surface area (Å²) < 4.78 is 7.38.